The van der Waals surface area contributed by atoms with Crippen molar-refractivity contribution in [1.82, 2.24) is 9.88 Å². The number of rotatable bonds is 5. The van der Waals surface area contributed by atoms with Gasteiger partial charge in [-0.2, -0.15) is 0 Å². The van der Waals surface area contributed by atoms with Gasteiger partial charge in [-0.25, -0.2) is 9.78 Å². The summed E-state index contributed by atoms with van der Waals surface area (Å²) >= 11 is 0. The van der Waals surface area contributed by atoms with E-state index in [0.29, 0.717) is 22.6 Å². The number of benzene rings is 2. The Balaban J connectivity index is 1.47. The van der Waals surface area contributed by atoms with E-state index in [1.54, 1.807) is 30.1 Å². The number of likely N-dealkylation sites (N-methyl/N-ethyl adjacent to an activating group) is 1. The molecule has 1 aliphatic carbocycles. The molecule has 6 nitrogen and oxygen atoms in total. The molecule has 3 aromatic rings. The molecule has 1 fully saturated rings. The molecule has 1 amide bonds. The average molecular weight is 392 g/mol. The molecule has 6 heteroatoms. The second-order valence-corrected chi connectivity index (χ2v) is 7.40. The summed E-state index contributed by atoms with van der Waals surface area (Å²) in [6, 6.07) is 14.6. The van der Waals surface area contributed by atoms with Crippen LogP contribution in [0.4, 0.5) is 0 Å². The van der Waals surface area contributed by atoms with Gasteiger partial charge < -0.3 is 14.1 Å². The molecule has 0 unspecified atom stereocenters. The number of para-hydroxylation sites is 2. The predicted molar refractivity (Wildman–Crippen MR) is 109 cm³/mol. The van der Waals surface area contributed by atoms with Crippen LogP contribution in [0.25, 0.3) is 22.6 Å². The molecule has 0 aliphatic heterocycles. The van der Waals surface area contributed by atoms with Crippen molar-refractivity contribution in [1.29, 1.82) is 0 Å². The number of amides is 1. The molecule has 0 N–H and O–H groups in total. The van der Waals surface area contributed by atoms with E-state index in [-0.39, 0.29) is 18.6 Å². The number of aromatic nitrogens is 1. The number of fused-ring (bicyclic) bond motifs is 1. The van der Waals surface area contributed by atoms with Crippen LogP contribution >= 0.6 is 0 Å². The number of carbonyl (C=O) groups is 2. The predicted octanol–water partition coefficient (Wildman–Crippen LogP) is 4.44. The first kappa shape index (κ1) is 19.2. The Hall–Kier alpha value is -3.15. The van der Waals surface area contributed by atoms with E-state index in [2.05, 4.69) is 4.98 Å². The van der Waals surface area contributed by atoms with Crippen molar-refractivity contribution in [3.63, 3.8) is 0 Å². The van der Waals surface area contributed by atoms with Gasteiger partial charge in [0.05, 0.1) is 11.1 Å². The highest BCUT2D eigenvalue weighted by Gasteiger charge is 2.24. The van der Waals surface area contributed by atoms with Crippen LogP contribution < -0.4 is 0 Å². The Morgan fingerprint density at radius 1 is 1.07 bits per heavy atom. The number of ether oxygens (including phenoxy) is 1. The number of hydrogen-bond acceptors (Lipinski definition) is 5. The molecule has 150 valence electrons. The fourth-order valence-corrected chi connectivity index (χ4v) is 3.81. The number of hydrogen-bond donors (Lipinski definition) is 0. The number of oxazole rings is 1. The van der Waals surface area contributed by atoms with E-state index in [0.717, 1.165) is 31.2 Å². The zero-order chi connectivity index (χ0) is 20.2. The highest BCUT2D eigenvalue weighted by Crippen LogP contribution is 2.27. The van der Waals surface area contributed by atoms with Crippen LogP contribution in [-0.4, -0.2) is 41.5 Å². The Bertz CT molecular complexity index is 987. The summed E-state index contributed by atoms with van der Waals surface area (Å²) in [5, 5.41) is 0. The summed E-state index contributed by atoms with van der Waals surface area (Å²) in [6.07, 6.45) is 5.52. The Kier molecular flexibility index (Phi) is 5.60. The number of carbonyl (C=O) groups excluding carboxylic acids is 2. The van der Waals surface area contributed by atoms with Crippen molar-refractivity contribution in [2.24, 2.45) is 0 Å². The first-order valence-electron chi connectivity index (χ1n) is 10.0. The van der Waals surface area contributed by atoms with Gasteiger partial charge in [-0.3, -0.25) is 4.79 Å². The van der Waals surface area contributed by atoms with Crippen molar-refractivity contribution in [3.8, 4) is 11.5 Å². The SMILES string of the molecule is CN(C(=O)COC(=O)c1ccccc1-c1nc2ccccc2o1)C1CCCCC1. The van der Waals surface area contributed by atoms with E-state index in [1.807, 2.05) is 30.3 Å². The summed E-state index contributed by atoms with van der Waals surface area (Å²) in [5.41, 5.74) is 2.24. The van der Waals surface area contributed by atoms with Gasteiger partial charge >= 0.3 is 5.97 Å². The molecule has 29 heavy (non-hydrogen) atoms. The highest BCUT2D eigenvalue weighted by molar-refractivity contribution is 5.97. The maximum Gasteiger partial charge on any atom is 0.339 e. The van der Waals surface area contributed by atoms with E-state index < -0.39 is 5.97 Å². The molecule has 1 heterocycles. The summed E-state index contributed by atoms with van der Waals surface area (Å²) in [7, 11) is 1.79. The lowest BCUT2D eigenvalue weighted by Crippen LogP contribution is -2.40. The minimum atomic E-state index is -0.562. The quantitative estimate of drug-likeness (QED) is 0.600. The maximum absolute atomic E-state index is 12.7. The van der Waals surface area contributed by atoms with Crippen LogP contribution in [0.1, 0.15) is 42.5 Å². The van der Waals surface area contributed by atoms with Crippen LogP contribution in [0.15, 0.2) is 52.9 Å². The van der Waals surface area contributed by atoms with Crippen LogP contribution in [0.5, 0.6) is 0 Å². The van der Waals surface area contributed by atoms with Crippen LogP contribution in [0, 0.1) is 0 Å². The zero-order valence-electron chi connectivity index (χ0n) is 16.5. The molecule has 4 rings (SSSR count). The summed E-state index contributed by atoms with van der Waals surface area (Å²) in [4.78, 5) is 31.3. The van der Waals surface area contributed by atoms with E-state index in [1.165, 1.54) is 6.42 Å². The second-order valence-electron chi connectivity index (χ2n) is 7.40. The monoisotopic (exact) mass is 392 g/mol. The molecule has 1 saturated carbocycles. The summed E-state index contributed by atoms with van der Waals surface area (Å²) in [6.45, 7) is -0.270. The van der Waals surface area contributed by atoms with Crippen molar-refractivity contribution >= 4 is 23.0 Å². The summed E-state index contributed by atoms with van der Waals surface area (Å²) in [5.74, 6) is -0.387. The van der Waals surface area contributed by atoms with E-state index >= 15 is 0 Å². The van der Waals surface area contributed by atoms with Crippen LogP contribution in [0.3, 0.4) is 0 Å². The highest BCUT2D eigenvalue weighted by atomic mass is 16.5. The largest absolute Gasteiger partial charge is 0.452 e. The Morgan fingerprint density at radius 3 is 2.59 bits per heavy atom. The van der Waals surface area contributed by atoms with E-state index in [4.69, 9.17) is 9.15 Å². The van der Waals surface area contributed by atoms with Crippen LogP contribution in [0.2, 0.25) is 0 Å². The first-order chi connectivity index (χ1) is 14.1. The molecule has 0 atom stereocenters. The third-order valence-electron chi connectivity index (χ3n) is 5.51. The number of nitrogens with zero attached hydrogens (tertiary/aromatic N) is 2. The average Bonchev–Trinajstić information content (AvgIpc) is 3.21. The molecule has 1 aromatic heterocycles. The second kappa shape index (κ2) is 8.47. The fourth-order valence-electron chi connectivity index (χ4n) is 3.81. The third kappa shape index (κ3) is 4.16. The van der Waals surface area contributed by atoms with Gasteiger partial charge in [0, 0.05) is 13.1 Å². The van der Waals surface area contributed by atoms with Crippen molar-refractivity contribution in [2.75, 3.05) is 13.7 Å². The molecule has 0 radical (unpaired) electrons. The van der Waals surface area contributed by atoms with Gasteiger partial charge in [0.2, 0.25) is 5.89 Å². The molecular weight excluding hydrogens is 368 g/mol. The minimum absolute atomic E-state index is 0.176. The van der Waals surface area contributed by atoms with Crippen LogP contribution in [-0.2, 0) is 9.53 Å². The lowest BCUT2D eigenvalue weighted by Gasteiger charge is -2.31. The molecule has 0 spiro atoms. The van der Waals surface area contributed by atoms with Gasteiger partial charge in [0.1, 0.15) is 5.52 Å². The van der Waals surface area contributed by atoms with E-state index in [9.17, 15) is 9.59 Å². The third-order valence-corrected chi connectivity index (χ3v) is 5.51. The van der Waals surface area contributed by atoms with Gasteiger partial charge in [0.15, 0.2) is 12.2 Å². The Morgan fingerprint density at radius 2 is 1.79 bits per heavy atom. The normalized spacial score (nSPS) is 14.7. The number of esters is 1. The Labute approximate surface area is 169 Å². The van der Waals surface area contributed by atoms with Crippen molar-refractivity contribution in [2.45, 2.75) is 38.1 Å². The van der Waals surface area contributed by atoms with Gasteiger partial charge in [-0.05, 0) is 37.1 Å². The molecule has 0 saturated heterocycles. The van der Waals surface area contributed by atoms with Gasteiger partial charge in [-0.15, -0.1) is 0 Å². The van der Waals surface area contributed by atoms with Crippen molar-refractivity contribution in [3.05, 3.63) is 54.1 Å². The maximum atomic E-state index is 12.7. The molecular formula is C23H24N2O4. The van der Waals surface area contributed by atoms with Crippen molar-refractivity contribution < 1.29 is 18.7 Å². The topological polar surface area (TPSA) is 72.6 Å². The molecule has 1 aliphatic rings. The lowest BCUT2D eigenvalue weighted by atomic mass is 9.94. The standard InChI is InChI=1S/C23H24N2O4/c1-25(16-9-3-2-4-10-16)21(26)15-28-23(27)18-12-6-5-11-17(18)22-24-19-13-7-8-14-20(19)29-22/h5-8,11-14,16H,2-4,9-10,15H2,1H3. The summed E-state index contributed by atoms with van der Waals surface area (Å²) < 4.78 is 11.1. The van der Waals surface area contributed by atoms with Gasteiger partial charge in [-0.1, -0.05) is 43.5 Å². The zero-order valence-corrected chi connectivity index (χ0v) is 16.5. The van der Waals surface area contributed by atoms with Gasteiger partial charge in [0.25, 0.3) is 5.91 Å². The molecule has 0 bridgehead atoms. The minimum Gasteiger partial charge on any atom is -0.452 e. The fraction of sp³-hybridized carbons (Fsp3) is 0.348. The smallest absolute Gasteiger partial charge is 0.339 e. The lowest BCUT2D eigenvalue weighted by molar-refractivity contribution is -0.135. The first-order valence-corrected chi connectivity index (χ1v) is 10.0. The molecule has 2 aromatic carbocycles.